The molecule has 0 atom stereocenters. The summed E-state index contributed by atoms with van der Waals surface area (Å²) in [6.07, 6.45) is 4.63. The summed E-state index contributed by atoms with van der Waals surface area (Å²) < 4.78 is 7.11. The average molecular weight is 402 g/mol. The lowest BCUT2D eigenvalue weighted by molar-refractivity contribution is 0.102. The van der Waals surface area contributed by atoms with E-state index in [9.17, 15) is 9.70 Å². The summed E-state index contributed by atoms with van der Waals surface area (Å²) in [7, 11) is 0. The Kier molecular flexibility index (Phi) is 4.35. The summed E-state index contributed by atoms with van der Waals surface area (Å²) in [5.41, 5.74) is 3.44. The van der Waals surface area contributed by atoms with E-state index in [-0.39, 0.29) is 17.9 Å². The zero-order valence-electron chi connectivity index (χ0n) is 16.1. The Bertz CT molecular complexity index is 1250. The van der Waals surface area contributed by atoms with Crippen molar-refractivity contribution in [3.05, 3.63) is 70.8 Å². The normalized spacial score (nSPS) is 18.2. The van der Waals surface area contributed by atoms with Gasteiger partial charge in [-0.15, -0.1) is 0 Å². The molecule has 0 spiro atoms. The van der Waals surface area contributed by atoms with Crippen molar-refractivity contribution < 1.29 is 9.32 Å². The number of aryl methyl sites for hydroxylation is 1. The molecule has 1 aromatic carbocycles. The smallest absolute Gasteiger partial charge is 0.274 e. The molecule has 3 heterocycles. The van der Waals surface area contributed by atoms with Crippen LogP contribution >= 0.6 is 0 Å². The van der Waals surface area contributed by atoms with Gasteiger partial charge in [0.2, 0.25) is 11.7 Å². The lowest BCUT2D eigenvalue weighted by atomic mass is 9.81. The van der Waals surface area contributed by atoms with Crippen LogP contribution in [0.2, 0.25) is 0 Å². The highest BCUT2D eigenvalue weighted by Gasteiger charge is 2.35. The number of anilines is 1. The van der Waals surface area contributed by atoms with Gasteiger partial charge in [-0.3, -0.25) is 9.20 Å². The second kappa shape index (κ2) is 7.18. The van der Waals surface area contributed by atoms with Crippen LogP contribution < -0.4 is 5.32 Å². The molecule has 3 aromatic heterocycles. The Labute approximate surface area is 171 Å². The van der Waals surface area contributed by atoms with Gasteiger partial charge in [0.05, 0.1) is 12.2 Å². The largest absolute Gasteiger partial charge is 0.339 e. The molecular formula is C21H18N6O3. The molecule has 9 heteroatoms. The maximum absolute atomic E-state index is 12.8. The van der Waals surface area contributed by atoms with Crippen molar-refractivity contribution in [3.8, 4) is 11.4 Å². The number of fused-ring (bicyclic) bond motifs is 1. The van der Waals surface area contributed by atoms with Gasteiger partial charge in [-0.25, -0.2) is 4.98 Å². The fourth-order valence-electron chi connectivity index (χ4n) is 3.58. The number of carbonyl (C=O) groups excluding carboxylic acids is 1. The summed E-state index contributed by atoms with van der Waals surface area (Å²) in [5.74, 6) is 0.776. The first-order valence-corrected chi connectivity index (χ1v) is 9.63. The molecular weight excluding hydrogens is 384 g/mol. The van der Waals surface area contributed by atoms with Gasteiger partial charge < -0.3 is 9.84 Å². The number of hydrogen-bond donors (Lipinski definition) is 1. The first-order valence-electron chi connectivity index (χ1n) is 9.63. The Morgan fingerprint density at radius 3 is 2.97 bits per heavy atom. The van der Waals surface area contributed by atoms with Crippen LogP contribution in [0.15, 0.2) is 58.5 Å². The molecule has 1 saturated carbocycles. The summed E-state index contributed by atoms with van der Waals surface area (Å²) in [4.78, 5) is 32.1. The van der Waals surface area contributed by atoms with Crippen LogP contribution in [0, 0.1) is 11.8 Å². The van der Waals surface area contributed by atoms with Crippen LogP contribution in [0.25, 0.3) is 17.0 Å². The van der Waals surface area contributed by atoms with Crippen LogP contribution in [0.1, 0.15) is 40.7 Å². The van der Waals surface area contributed by atoms with Gasteiger partial charge in [0.15, 0.2) is 0 Å². The van der Waals surface area contributed by atoms with Crippen molar-refractivity contribution in [3.63, 3.8) is 0 Å². The van der Waals surface area contributed by atoms with Gasteiger partial charge in [-0.1, -0.05) is 28.5 Å². The van der Waals surface area contributed by atoms with Crippen LogP contribution in [0.3, 0.4) is 0 Å². The van der Waals surface area contributed by atoms with E-state index < -0.39 is 0 Å². The third-order valence-corrected chi connectivity index (χ3v) is 5.45. The number of aromatic nitrogens is 4. The van der Waals surface area contributed by atoms with Gasteiger partial charge in [-0.2, -0.15) is 9.89 Å². The Morgan fingerprint density at radius 2 is 2.13 bits per heavy atom. The highest BCUT2D eigenvalue weighted by atomic mass is 16.5. The van der Waals surface area contributed by atoms with Gasteiger partial charge >= 0.3 is 0 Å². The second-order valence-corrected chi connectivity index (χ2v) is 7.44. The minimum absolute atomic E-state index is 0.0775. The SMILES string of the molecule is Cc1ccc(-c2noc(C3CC(N=O)C3)n2)cc1NC(=O)c1cnc2ccccn12. The van der Waals surface area contributed by atoms with Crippen molar-refractivity contribution >= 4 is 17.2 Å². The molecule has 0 aliphatic heterocycles. The number of imidazole rings is 1. The number of carbonyl (C=O) groups is 1. The monoisotopic (exact) mass is 402 g/mol. The third kappa shape index (κ3) is 3.14. The van der Waals surface area contributed by atoms with Gasteiger partial charge in [0.25, 0.3) is 5.91 Å². The van der Waals surface area contributed by atoms with E-state index in [2.05, 4.69) is 25.6 Å². The molecule has 9 nitrogen and oxygen atoms in total. The highest BCUT2D eigenvalue weighted by molar-refractivity contribution is 6.04. The van der Waals surface area contributed by atoms with Crippen molar-refractivity contribution in [2.24, 2.45) is 5.18 Å². The number of pyridine rings is 1. The third-order valence-electron chi connectivity index (χ3n) is 5.45. The Balaban J connectivity index is 1.38. The van der Waals surface area contributed by atoms with E-state index >= 15 is 0 Å². The summed E-state index contributed by atoms with van der Waals surface area (Å²) in [6.45, 7) is 1.91. The zero-order valence-corrected chi connectivity index (χ0v) is 16.1. The summed E-state index contributed by atoms with van der Waals surface area (Å²) in [6, 6.07) is 11.0. The van der Waals surface area contributed by atoms with Crippen molar-refractivity contribution in [1.29, 1.82) is 0 Å². The molecule has 0 unspecified atom stereocenters. The van der Waals surface area contributed by atoms with E-state index in [1.807, 2.05) is 43.3 Å². The minimum atomic E-state index is -0.260. The molecule has 5 rings (SSSR count). The van der Waals surface area contributed by atoms with E-state index in [4.69, 9.17) is 4.52 Å². The van der Waals surface area contributed by atoms with E-state index in [1.54, 1.807) is 16.8 Å². The predicted octanol–water partition coefficient (Wildman–Crippen LogP) is 3.96. The number of amides is 1. The van der Waals surface area contributed by atoms with Crippen LogP contribution in [0.5, 0.6) is 0 Å². The highest BCUT2D eigenvalue weighted by Crippen LogP contribution is 2.38. The second-order valence-electron chi connectivity index (χ2n) is 7.44. The lowest BCUT2D eigenvalue weighted by Gasteiger charge is -2.26. The van der Waals surface area contributed by atoms with Crippen LogP contribution in [-0.4, -0.2) is 31.5 Å². The first-order chi connectivity index (χ1) is 14.6. The predicted molar refractivity (Wildman–Crippen MR) is 109 cm³/mol. The standard InChI is InChI=1S/C21H18N6O3/c1-12-5-6-13(19-24-21(30-26-19)14-8-15(9-14)25-29)10-16(12)23-20(28)17-11-22-18-4-2-3-7-27(17)18/h2-7,10-11,14-15H,8-9H2,1H3,(H,23,28). The lowest BCUT2D eigenvalue weighted by Crippen LogP contribution is -2.24. The number of hydrogen-bond acceptors (Lipinski definition) is 7. The topological polar surface area (TPSA) is 115 Å². The minimum Gasteiger partial charge on any atom is -0.339 e. The van der Waals surface area contributed by atoms with Gasteiger partial charge in [-0.05, 0) is 43.5 Å². The maximum Gasteiger partial charge on any atom is 0.274 e. The average Bonchev–Trinajstić information content (AvgIpc) is 3.36. The molecule has 1 N–H and O–H groups in total. The van der Waals surface area contributed by atoms with E-state index in [0.29, 0.717) is 41.6 Å². The number of nitroso groups, excluding NO2 is 1. The van der Waals surface area contributed by atoms with Crippen LogP contribution in [-0.2, 0) is 0 Å². The Morgan fingerprint density at radius 1 is 1.27 bits per heavy atom. The first kappa shape index (κ1) is 18.2. The molecule has 0 bridgehead atoms. The molecule has 1 aliphatic rings. The van der Waals surface area contributed by atoms with Crippen molar-refractivity contribution in [2.75, 3.05) is 5.32 Å². The number of benzene rings is 1. The van der Waals surface area contributed by atoms with Crippen LogP contribution in [0.4, 0.5) is 5.69 Å². The maximum atomic E-state index is 12.8. The van der Waals surface area contributed by atoms with Gasteiger partial charge in [0, 0.05) is 23.4 Å². The fourth-order valence-corrected chi connectivity index (χ4v) is 3.58. The van der Waals surface area contributed by atoms with Crippen molar-refractivity contribution in [1.82, 2.24) is 19.5 Å². The molecule has 1 fully saturated rings. The molecule has 150 valence electrons. The summed E-state index contributed by atoms with van der Waals surface area (Å²) in [5, 5.41) is 10.0. The van der Waals surface area contributed by atoms with Crippen molar-refractivity contribution in [2.45, 2.75) is 31.7 Å². The zero-order chi connectivity index (χ0) is 20.7. The molecule has 1 amide bonds. The number of rotatable bonds is 5. The Hall–Kier alpha value is -3.88. The molecule has 0 saturated heterocycles. The fraction of sp³-hybridized carbons (Fsp3) is 0.238. The summed E-state index contributed by atoms with van der Waals surface area (Å²) >= 11 is 0. The number of nitrogens with one attached hydrogen (secondary N) is 1. The van der Waals surface area contributed by atoms with E-state index in [0.717, 1.165) is 11.1 Å². The molecule has 1 aliphatic carbocycles. The number of nitrogens with zero attached hydrogens (tertiary/aromatic N) is 5. The molecule has 30 heavy (non-hydrogen) atoms. The molecule has 4 aromatic rings. The van der Waals surface area contributed by atoms with Gasteiger partial charge in [0.1, 0.15) is 11.3 Å². The van der Waals surface area contributed by atoms with E-state index in [1.165, 1.54) is 0 Å². The quantitative estimate of drug-likeness (QED) is 0.505. The molecule has 0 radical (unpaired) electrons.